The summed E-state index contributed by atoms with van der Waals surface area (Å²) in [5.74, 6) is 2.10. The first-order valence-corrected chi connectivity index (χ1v) is 13.9. The van der Waals surface area contributed by atoms with Crippen LogP contribution in [0.2, 0.25) is 0 Å². The number of hydrogen-bond acceptors (Lipinski definition) is 7. The molecule has 0 bridgehead atoms. The molecular weight excluding hydrogens is 492 g/mol. The van der Waals surface area contributed by atoms with Gasteiger partial charge in [-0.2, -0.15) is 0 Å². The standard InChI is InChI=1S/C30H38N6O3/c1-4-10-26(29-32-33-34-36(29)16-15-21-11-6-5-7-12-21)35(24-13-8-9-14-24)20-23-17-22-18-27(38-2)28(39-3)19-25(22)31-30(23)37/h5-7,11-12,17-19,24,26H,4,8-10,13-16,20H2,1-3H3,(H,31,37)/t26-/m0/s1. The normalized spacial score (nSPS) is 14.8. The van der Waals surface area contributed by atoms with Gasteiger partial charge in [0.15, 0.2) is 17.3 Å². The van der Waals surface area contributed by atoms with Gasteiger partial charge in [0.05, 0.1) is 25.8 Å². The number of benzene rings is 2. The molecule has 5 rings (SSSR count). The molecule has 0 unspecified atom stereocenters. The third-order valence-corrected chi connectivity index (χ3v) is 7.85. The van der Waals surface area contributed by atoms with Crippen molar-refractivity contribution in [2.75, 3.05) is 14.2 Å². The number of rotatable bonds is 12. The summed E-state index contributed by atoms with van der Waals surface area (Å²) in [5, 5.41) is 13.9. The fourth-order valence-corrected chi connectivity index (χ4v) is 5.83. The van der Waals surface area contributed by atoms with Crippen molar-refractivity contribution in [2.24, 2.45) is 0 Å². The van der Waals surface area contributed by atoms with E-state index in [0.29, 0.717) is 30.6 Å². The van der Waals surface area contributed by atoms with Gasteiger partial charge in [-0.15, -0.1) is 5.10 Å². The average molecular weight is 531 g/mol. The van der Waals surface area contributed by atoms with E-state index in [2.05, 4.69) is 56.6 Å². The monoisotopic (exact) mass is 530 g/mol. The van der Waals surface area contributed by atoms with Gasteiger partial charge in [-0.05, 0) is 53.8 Å². The zero-order chi connectivity index (χ0) is 27.2. The molecular formula is C30H38N6O3. The van der Waals surface area contributed by atoms with E-state index in [1.54, 1.807) is 14.2 Å². The Bertz CT molecular complexity index is 1430. The van der Waals surface area contributed by atoms with Gasteiger partial charge < -0.3 is 14.5 Å². The van der Waals surface area contributed by atoms with Crippen molar-refractivity contribution in [2.45, 2.75) is 77.0 Å². The van der Waals surface area contributed by atoms with E-state index in [0.717, 1.165) is 54.4 Å². The number of aromatic nitrogens is 5. The van der Waals surface area contributed by atoms with Crippen molar-refractivity contribution in [3.05, 3.63) is 75.8 Å². The highest BCUT2D eigenvalue weighted by molar-refractivity contribution is 5.83. The second kappa shape index (κ2) is 12.4. The Morgan fingerprint density at radius 2 is 1.82 bits per heavy atom. The number of nitrogens with one attached hydrogen (secondary N) is 1. The number of tetrazole rings is 1. The molecule has 1 atom stereocenters. The predicted octanol–water partition coefficient (Wildman–Crippen LogP) is 5.06. The SMILES string of the molecule is CCC[C@@H](c1nnnn1CCc1ccccc1)N(Cc1cc2cc(OC)c(OC)cc2[nH]c1=O)C1CCCC1. The molecule has 39 heavy (non-hydrogen) atoms. The van der Waals surface area contributed by atoms with E-state index in [9.17, 15) is 4.79 Å². The lowest BCUT2D eigenvalue weighted by Gasteiger charge is -2.35. The summed E-state index contributed by atoms with van der Waals surface area (Å²) in [4.78, 5) is 18.9. The molecule has 1 N–H and O–H groups in total. The van der Waals surface area contributed by atoms with Crippen molar-refractivity contribution in [1.82, 2.24) is 30.1 Å². The second-order valence-electron chi connectivity index (χ2n) is 10.3. The summed E-state index contributed by atoms with van der Waals surface area (Å²) in [7, 11) is 3.21. The number of nitrogens with zero attached hydrogens (tertiary/aromatic N) is 5. The molecule has 9 nitrogen and oxygen atoms in total. The Morgan fingerprint density at radius 1 is 1.08 bits per heavy atom. The molecule has 2 aromatic heterocycles. The number of fused-ring (bicyclic) bond motifs is 1. The molecule has 1 aliphatic carbocycles. The predicted molar refractivity (Wildman–Crippen MR) is 151 cm³/mol. The molecule has 0 amide bonds. The van der Waals surface area contributed by atoms with Crippen LogP contribution in [0.3, 0.4) is 0 Å². The second-order valence-corrected chi connectivity index (χ2v) is 10.3. The van der Waals surface area contributed by atoms with Gasteiger partial charge in [-0.25, -0.2) is 4.68 Å². The minimum absolute atomic E-state index is 0.0179. The van der Waals surface area contributed by atoms with Crippen molar-refractivity contribution in [3.8, 4) is 11.5 Å². The van der Waals surface area contributed by atoms with E-state index in [1.807, 2.05) is 28.9 Å². The van der Waals surface area contributed by atoms with Gasteiger partial charge in [-0.1, -0.05) is 56.5 Å². The minimum atomic E-state index is -0.0864. The van der Waals surface area contributed by atoms with E-state index >= 15 is 0 Å². The van der Waals surface area contributed by atoms with Crippen LogP contribution >= 0.6 is 0 Å². The lowest BCUT2D eigenvalue weighted by atomic mass is 10.0. The summed E-state index contributed by atoms with van der Waals surface area (Å²) < 4.78 is 12.9. The van der Waals surface area contributed by atoms with Crippen LogP contribution in [0.1, 0.15) is 68.4 Å². The number of hydrogen-bond donors (Lipinski definition) is 1. The zero-order valence-electron chi connectivity index (χ0n) is 23.1. The highest BCUT2D eigenvalue weighted by Crippen LogP contribution is 2.35. The van der Waals surface area contributed by atoms with Crippen molar-refractivity contribution >= 4 is 10.9 Å². The molecule has 2 heterocycles. The quantitative estimate of drug-likeness (QED) is 0.273. The molecule has 1 aliphatic rings. The fraction of sp³-hybridized carbons (Fsp3) is 0.467. The van der Waals surface area contributed by atoms with Gasteiger partial charge in [0.2, 0.25) is 0 Å². The van der Waals surface area contributed by atoms with Crippen LogP contribution in [0.15, 0.2) is 53.3 Å². The molecule has 2 aromatic carbocycles. The molecule has 0 spiro atoms. The van der Waals surface area contributed by atoms with Gasteiger partial charge in [-0.3, -0.25) is 9.69 Å². The first-order chi connectivity index (χ1) is 19.1. The van der Waals surface area contributed by atoms with Crippen LogP contribution in [0.25, 0.3) is 10.9 Å². The van der Waals surface area contributed by atoms with Crippen molar-refractivity contribution < 1.29 is 9.47 Å². The van der Waals surface area contributed by atoms with E-state index in [1.165, 1.54) is 18.4 Å². The first-order valence-electron chi connectivity index (χ1n) is 13.9. The number of methoxy groups -OCH3 is 2. The van der Waals surface area contributed by atoms with Crippen molar-refractivity contribution in [1.29, 1.82) is 0 Å². The zero-order valence-corrected chi connectivity index (χ0v) is 23.1. The number of aryl methyl sites for hydroxylation is 2. The molecule has 206 valence electrons. The molecule has 0 aliphatic heterocycles. The van der Waals surface area contributed by atoms with E-state index in [4.69, 9.17) is 9.47 Å². The summed E-state index contributed by atoms with van der Waals surface area (Å²) in [6.45, 7) is 3.43. The third-order valence-electron chi connectivity index (χ3n) is 7.85. The Morgan fingerprint density at radius 3 is 2.54 bits per heavy atom. The Hall–Kier alpha value is -3.72. The Balaban J connectivity index is 1.48. The summed E-state index contributed by atoms with van der Waals surface area (Å²) in [6.07, 6.45) is 7.39. The molecule has 1 fully saturated rings. The summed E-state index contributed by atoms with van der Waals surface area (Å²) in [5.41, 5.74) is 2.62. The number of ether oxygens (including phenoxy) is 2. The number of pyridine rings is 1. The molecule has 4 aromatic rings. The topological polar surface area (TPSA) is 98.2 Å². The summed E-state index contributed by atoms with van der Waals surface area (Å²) >= 11 is 0. The first kappa shape index (κ1) is 26.9. The van der Waals surface area contributed by atoms with E-state index in [-0.39, 0.29) is 11.6 Å². The highest BCUT2D eigenvalue weighted by atomic mass is 16.5. The lowest BCUT2D eigenvalue weighted by Crippen LogP contribution is -2.39. The number of aromatic amines is 1. The van der Waals surface area contributed by atoms with Crippen LogP contribution in [-0.4, -0.2) is 50.4 Å². The van der Waals surface area contributed by atoms with Gasteiger partial charge in [0.1, 0.15) is 0 Å². The van der Waals surface area contributed by atoms with E-state index < -0.39 is 0 Å². The summed E-state index contributed by atoms with van der Waals surface area (Å²) in [6, 6.07) is 16.5. The number of H-pyrrole nitrogens is 1. The fourth-order valence-electron chi connectivity index (χ4n) is 5.83. The van der Waals surface area contributed by atoms with Crippen molar-refractivity contribution in [3.63, 3.8) is 0 Å². The maximum atomic E-state index is 13.3. The molecule has 0 radical (unpaired) electrons. The van der Waals surface area contributed by atoms with Gasteiger partial charge >= 0.3 is 0 Å². The Kier molecular flexibility index (Phi) is 8.56. The smallest absolute Gasteiger partial charge is 0.252 e. The lowest BCUT2D eigenvalue weighted by molar-refractivity contribution is 0.108. The maximum Gasteiger partial charge on any atom is 0.252 e. The molecule has 9 heteroatoms. The molecule has 1 saturated carbocycles. The average Bonchev–Trinajstić information content (AvgIpc) is 3.66. The van der Waals surface area contributed by atoms with Crippen LogP contribution in [0.4, 0.5) is 0 Å². The third kappa shape index (κ3) is 5.98. The van der Waals surface area contributed by atoms with Crippen LogP contribution in [-0.2, 0) is 19.5 Å². The molecule has 0 saturated heterocycles. The van der Waals surface area contributed by atoms with Crippen LogP contribution in [0, 0.1) is 0 Å². The minimum Gasteiger partial charge on any atom is -0.493 e. The van der Waals surface area contributed by atoms with Crippen LogP contribution in [0.5, 0.6) is 11.5 Å². The van der Waals surface area contributed by atoms with Gasteiger partial charge in [0, 0.05) is 36.1 Å². The van der Waals surface area contributed by atoms with Crippen LogP contribution < -0.4 is 15.0 Å². The largest absolute Gasteiger partial charge is 0.493 e. The Labute approximate surface area is 229 Å². The van der Waals surface area contributed by atoms with Gasteiger partial charge in [0.25, 0.3) is 5.56 Å². The maximum absolute atomic E-state index is 13.3. The highest BCUT2D eigenvalue weighted by Gasteiger charge is 2.33.